The second-order valence-electron chi connectivity index (χ2n) is 15.5. The van der Waals surface area contributed by atoms with Crippen molar-refractivity contribution in [2.24, 2.45) is 7.05 Å². The molecule has 10 aromatic rings. The van der Waals surface area contributed by atoms with Gasteiger partial charge in [-0.05, 0) is 58.1 Å². The lowest BCUT2D eigenvalue weighted by molar-refractivity contribution is 0.583. The summed E-state index contributed by atoms with van der Waals surface area (Å²) in [6.45, 7) is -1.23. The van der Waals surface area contributed by atoms with Crippen molar-refractivity contribution in [3.05, 3.63) is 182 Å². The number of hydrogen-bond acceptors (Lipinski definition) is 9. The van der Waals surface area contributed by atoms with Gasteiger partial charge in [-0.3, -0.25) is 0 Å². The highest BCUT2D eigenvalue weighted by Gasteiger charge is 2.49. The number of aromatic nitrogens is 5. The van der Waals surface area contributed by atoms with Crippen LogP contribution in [0.3, 0.4) is 0 Å². The van der Waals surface area contributed by atoms with Crippen molar-refractivity contribution in [1.82, 2.24) is 24.5 Å². The van der Waals surface area contributed by atoms with Gasteiger partial charge in [0.15, 0.2) is 0 Å². The molecule has 0 spiro atoms. The Labute approximate surface area is 362 Å². The summed E-state index contributed by atoms with van der Waals surface area (Å²) in [7, 11) is 1.87. The summed E-state index contributed by atoms with van der Waals surface area (Å²) in [6, 6.07) is 35.0. The lowest BCUT2D eigenvalue weighted by Gasteiger charge is -2.31. The largest absolute Gasteiger partial charge is 0.421 e. The molecule has 12 rings (SSSR count). The minimum absolute atomic E-state index is 0.232. The maximum Gasteiger partial charge on any atom is 0.421 e. The molecule has 6 aromatic carbocycles. The van der Waals surface area contributed by atoms with E-state index in [-0.39, 0.29) is 11.4 Å². The summed E-state index contributed by atoms with van der Waals surface area (Å²) >= 11 is 1.69. The second-order valence-corrected chi connectivity index (χ2v) is 16.6. The zero-order valence-electron chi connectivity index (χ0n) is 33.1. The first-order valence-corrected chi connectivity index (χ1v) is 20.8. The molecule has 0 unspecified atom stereocenters. The fraction of sp³-hybridized carbons (Fsp3) is 0.0213. The Kier molecular flexibility index (Phi) is 8.34. The van der Waals surface area contributed by atoms with E-state index < -0.39 is 37.2 Å². The summed E-state index contributed by atoms with van der Waals surface area (Å²) in [5.41, 5.74) is 6.24. The molecule has 0 fully saturated rings. The Bertz CT molecular complexity index is 3410. The first-order valence-electron chi connectivity index (χ1n) is 20.0. The Morgan fingerprint density at radius 3 is 1.57 bits per heavy atom. The molecule has 0 radical (unpaired) electrons. The van der Waals surface area contributed by atoms with Gasteiger partial charge in [0.05, 0.1) is 53.1 Å². The van der Waals surface area contributed by atoms with E-state index in [0.29, 0.717) is 17.0 Å². The fourth-order valence-electron chi connectivity index (χ4n) is 9.44. The van der Waals surface area contributed by atoms with Crippen LogP contribution in [0, 0.1) is 23.3 Å². The lowest BCUT2D eigenvalue weighted by Crippen LogP contribution is -2.54. The molecule has 0 saturated heterocycles. The van der Waals surface area contributed by atoms with E-state index in [0.717, 1.165) is 71.4 Å². The molecular formula is C47H29B2F4N9S. The number of anilines is 8. The summed E-state index contributed by atoms with van der Waals surface area (Å²) in [4.78, 5) is 25.8. The Balaban J connectivity index is 1.05. The smallest absolute Gasteiger partial charge is 0.358 e. The van der Waals surface area contributed by atoms with Gasteiger partial charge < -0.3 is 23.8 Å². The molecule has 0 N–H and O–H groups in total. The van der Waals surface area contributed by atoms with Gasteiger partial charge in [0, 0.05) is 46.0 Å². The average Bonchev–Trinajstić information content (AvgIpc) is 4.02. The number of halogens is 4. The van der Waals surface area contributed by atoms with Gasteiger partial charge in [0.1, 0.15) is 46.7 Å². The molecule has 63 heavy (non-hydrogen) atoms. The zero-order chi connectivity index (χ0) is 42.5. The number of aryl methyl sites for hydroxylation is 1. The monoisotopic (exact) mass is 849 g/mol. The van der Waals surface area contributed by atoms with Crippen LogP contribution in [-0.4, -0.2) is 38.5 Å². The molecule has 2 aliphatic rings. The van der Waals surface area contributed by atoms with Crippen LogP contribution < -0.4 is 30.2 Å². The maximum absolute atomic E-state index is 15.2. The SMILES string of the molecule is Cn1c2c(c3ccccc31)N(c1cc(F)cc(F)c1)B(c1ccc3cc(B4N(c5cncnc5)c5sc6ccccc6c5N4c4cncnc4)ccc3c1)N2c1cc(F)cc(F)c1. The predicted molar refractivity (Wildman–Crippen MR) is 245 cm³/mol. The predicted octanol–water partition coefficient (Wildman–Crippen LogP) is 10.1. The van der Waals surface area contributed by atoms with Crippen molar-refractivity contribution in [1.29, 1.82) is 0 Å². The van der Waals surface area contributed by atoms with Crippen molar-refractivity contribution in [2.45, 2.75) is 0 Å². The number of benzene rings is 6. The van der Waals surface area contributed by atoms with Crippen LogP contribution in [0.4, 0.5) is 62.5 Å². The quantitative estimate of drug-likeness (QED) is 0.121. The molecule has 16 heteroatoms. The Morgan fingerprint density at radius 1 is 0.476 bits per heavy atom. The van der Waals surface area contributed by atoms with Crippen LogP contribution in [-0.2, 0) is 7.05 Å². The first kappa shape index (κ1) is 37.1. The number of nitrogens with zero attached hydrogens (tertiary/aromatic N) is 9. The Hall–Kier alpha value is -7.71. The topological polar surface area (TPSA) is 69.5 Å². The maximum atomic E-state index is 15.2. The third kappa shape index (κ3) is 5.78. The van der Waals surface area contributed by atoms with Gasteiger partial charge in [-0.25, -0.2) is 37.5 Å². The standard InChI is InChI=1S/C47H29B2F4N9S/c1-58-42-8-4-2-6-40(42)44-46(58)61(37-20-34(52)17-35(53)21-37)48(59(44)36-18-32(50)16-33(51)19-36)30-12-10-29-15-31(13-11-28(29)14-30)49-60(38-22-54-26-55-23-38)45-41-7-3-5-9-43(41)63-47(45)62(49)39-24-56-27-57-25-39/h2-27H,1H3. The van der Waals surface area contributed by atoms with Gasteiger partial charge in [-0.1, -0.05) is 72.8 Å². The van der Waals surface area contributed by atoms with Crippen LogP contribution >= 0.6 is 11.3 Å². The fourth-order valence-corrected chi connectivity index (χ4v) is 10.7. The van der Waals surface area contributed by atoms with Crippen LogP contribution in [0.5, 0.6) is 0 Å². The van der Waals surface area contributed by atoms with Crippen molar-refractivity contribution >= 4 is 113 Å². The molecule has 0 bridgehead atoms. The van der Waals surface area contributed by atoms with E-state index >= 15 is 17.6 Å². The number of para-hydroxylation sites is 1. The highest BCUT2D eigenvalue weighted by atomic mass is 32.1. The third-order valence-corrected chi connectivity index (χ3v) is 13.1. The van der Waals surface area contributed by atoms with E-state index in [2.05, 4.69) is 53.8 Å². The second kappa shape index (κ2) is 14.2. The van der Waals surface area contributed by atoms with E-state index in [4.69, 9.17) is 0 Å². The van der Waals surface area contributed by atoms with Crippen LogP contribution in [0.25, 0.3) is 31.8 Å². The lowest BCUT2D eigenvalue weighted by atomic mass is 9.63. The van der Waals surface area contributed by atoms with Crippen molar-refractivity contribution in [3.8, 4) is 0 Å². The molecule has 302 valence electrons. The average molecular weight is 849 g/mol. The van der Waals surface area contributed by atoms with Gasteiger partial charge in [-0.15, -0.1) is 11.3 Å². The highest BCUT2D eigenvalue weighted by molar-refractivity contribution is 7.25. The minimum atomic E-state index is -0.835. The normalized spacial score (nSPS) is 13.6. The molecule has 2 aliphatic heterocycles. The number of fused-ring (bicyclic) bond motifs is 7. The van der Waals surface area contributed by atoms with E-state index in [9.17, 15) is 0 Å². The summed E-state index contributed by atoms with van der Waals surface area (Å²) in [6.07, 6.45) is 10.3. The molecule has 0 atom stereocenters. The van der Waals surface area contributed by atoms with Crippen LogP contribution in [0.1, 0.15) is 0 Å². The minimum Gasteiger partial charge on any atom is -0.358 e. The van der Waals surface area contributed by atoms with Gasteiger partial charge in [0.25, 0.3) is 0 Å². The Morgan fingerprint density at radius 2 is 0.968 bits per heavy atom. The van der Waals surface area contributed by atoms with Crippen molar-refractivity contribution < 1.29 is 17.6 Å². The molecule has 6 heterocycles. The molecule has 0 amide bonds. The molecule has 4 aromatic heterocycles. The van der Waals surface area contributed by atoms with Gasteiger partial charge >= 0.3 is 14.0 Å². The van der Waals surface area contributed by atoms with Gasteiger partial charge in [-0.2, -0.15) is 0 Å². The number of thiophene rings is 1. The van der Waals surface area contributed by atoms with E-state index in [1.54, 1.807) is 11.3 Å². The molecular weight excluding hydrogens is 820 g/mol. The summed E-state index contributed by atoms with van der Waals surface area (Å²) in [5, 5.41) is 4.69. The zero-order valence-corrected chi connectivity index (χ0v) is 33.9. The molecule has 0 aliphatic carbocycles. The molecule has 9 nitrogen and oxygen atoms in total. The van der Waals surface area contributed by atoms with E-state index in [1.165, 1.54) is 36.9 Å². The highest BCUT2D eigenvalue weighted by Crippen LogP contribution is 2.55. The number of hydrogen-bond donors (Lipinski definition) is 0. The van der Waals surface area contributed by atoms with Crippen molar-refractivity contribution in [3.63, 3.8) is 0 Å². The van der Waals surface area contributed by atoms with Crippen molar-refractivity contribution in [2.75, 3.05) is 19.2 Å². The summed E-state index contributed by atoms with van der Waals surface area (Å²) < 4.78 is 63.9. The van der Waals surface area contributed by atoms with Gasteiger partial charge in [0.2, 0.25) is 0 Å². The summed E-state index contributed by atoms with van der Waals surface area (Å²) in [5.74, 6) is -2.43. The van der Waals surface area contributed by atoms with E-state index in [1.807, 2.05) is 107 Å². The van der Waals surface area contributed by atoms with Crippen LogP contribution in [0.2, 0.25) is 0 Å². The third-order valence-electron chi connectivity index (χ3n) is 11.9. The first-order chi connectivity index (χ1) is 30.8. The number of rotatable bonds is 6. The molecule has 0 saturated carbocycles. The van der Waals surface area contributed by atoms with Crippen LogP contribution in [0.15, 0.2) is 159 Å².